The molecule has 1 N–H and O–H groups in total. The molecule has 0 amide bonds. The van der Waals surface area contributed by atoms with Gasteiger partial charge in [0.05, 0.1) is 16.8 Å². The molecule has 0 spiro atoms. The first-order valence-corrected chi connectivity index (χ1v) is 7.46. The van der Waals surface area contributed by atoms with Gasteiger partial charge in [0.15, 0.2) is 5.82 Å². The van der Waals surface area contributed by atoms with E-state index in [1.807, 2.05) is 0 Å². The second-order valence-corrected chi connectivity index (χ2v) is 5.35. The van der Waals surface area contributed by atoms with E-state index in [0.717, 1.165) is 54.2 Å². The third-order valence-electron chi connectivity index (χ3n) is 2.98. The highest BCUT2D eigenvalue weighted by molar-refractivity contribution is 9.10. The summed E-state index contributed by atoms with van der Waals surface area (Å²) >= 11 is 3.55. The number of halogens is 1. The summed E-state index contributed by atoms with van der Waals surface area (Å²) < 4.78 is 11.7. The quantitative estimate of drug-likeness (QED) is 0.869. The Morgan fingerprint density at radius 1 is 1.47 bits per heavy atom. The molecule has 6 heteroatoms. The normalized spacial score (nSPS) is 18.8. The van der Waals surface area contributed by atoms with Gasteiger partial charge in [0.1, 0.15) is 11.9 Å². The SMILES string of the molecule is CCCNc1nc(C2CCCO2)nc(COC)c1Br. The average Bonchev–Trinajstić information content (AvgIpc) is 2.94. The minimum absolute atomic E-state index is 0.0193. The maximum atomic E-state index is 5.66. The molecule has 0 bridgehead atoms. The van der Waals surface area contributed by atoms with Crippen LogP contribution < -0.4 is 5.32 Å². The van der Waals surface area contributed by atoms with Gasteiger partial charge in [-0.05, 0) is 35.2 Å². The second-order valence-electron chi connectivity index (χ2n) is 4.55. The Hall–Kier alpha value is -0.720. The van der Waals surface area contributed by atoms with E-state index in [1.165, 1.54) is 0 Å². The molecule has 1 aliphatic rings. The summed E-state index contributed by atoms with van der Waals surface area (Å²) in [6, 6.07) is 0. The molecule has 1 saturated heterocycles. The monoisotopic (exact) mass is 329 g/mol. The number of methoxy groups -OCH3 is 1. The van der Waals surface area contributed by atoms with Crippen LogP contribution in [-0.2, 0) is 16.1 Å². The first kappa shape index (κ1) is 14.7. The molecular weight excluding hydrogens is 310 g/mol. The molecule has 2 heterocycles. The highest BCUT2D eigenvalue weighted by atomic mass is 79.9. The largest absolute Gasteiger partial charge is 0.378 e. The molecule has 1 atom stereocenters. The van der Waals surface area contributed by atoms with Crippen molar-refractivity contribution in [3.8, 4) is 0 Å². The van der Waals surface area contributed by atoms with E-state index in [1.54, 1.807) is 7.11 Å². The Morgan fingerprint density at radius 3 is 2.95 bits per heavy atom. The number of nitrogens with zero attached hydrogens (tertiary/aromatic N) is 2. The molecule has 106 valence electrons. The summed E-state index contributed by atoms with van der Waals surface area (Å²) in [5.41, 5.74) is 0.863. The molecule has 1 aliphatic heterocycles. The van der Waals surface area contributed by atoms with Crippen LogP contribution in [0.5, 0.6) is 0 Å². The van der Waals surface area contributed by atoms with Crippen molar-refractivity contribution >= 4 is 21.7 Å². The molecule has 0 radical (unpaired) electrons. The Kier molecular flexibility index (Phi) is 5.54. The van der Waals surface area contributed by atoms with Gasteiger partial charge in [0.25, 0.3) is 0 Å². The number of ether oxygens (including phenoxy) is 2. The number of aromatic nitrogens is 2. The van der Waals surface area contributed by atoms with Crippen LogP contribution in [0.4, 0.5) is 5.82 Å². The van der Waals surface area contributed by atoms with E-state index >= 15 is 0 Å². The number of nitrogens with one attached hydrogen (secondary N) is 1. The lowest BCUT2D eigenvalue weighted by Crippen LogP contribution is -2.12. The Balaban J connectivity index is 2.29. The highest BCUT2D eigenvalue weighted by Gasteiger charge is 2.23. The predicted octanol–water partition coefficient (Wildman–Crippen LogP) is 3.06. The molecule has 1 fully saturated rings. The van der Waals surface area contributed by atoms with Gasteiger partial charge in [0, 0.05) is 20.3 Å². The van der Waals surface area contributed by atoms with Crippen LogP contribution in [0.3, 0.4) is 0 Å². The summed E-state index contributed by atoms with van der Waals surface area (Å²) in [7, 11) is 1.67. The third-order valence-corrected chi connectivity index (χ3v) is 3.81. The van der Waals surface area contributed by atoms with Gasteiger partial charge in [-0.3, -0.25) is 0 Å². The van der Waals surface area contributed by atoms with Crippen LogP contribution in [-0.4, -0.2) is 30.2 Å². The molecule has 0 saturated carbocycles. The molecule has 5 nitrogen and oxygen atoms in total. The molecule has 0 aliphatic carbocycles. The third kappa shape index (κ3) is 3.64. The van der Waals surface area contributed by atoms with Crippen molar-refractivity contribution in [2.24, 2.45) is 0 Å². The van der Waals surface area contributed by atoms with E-state index in [9.17, 15) is 0 Å². The molecule has 0 aromatic carbocycles. The van der Waals surface area contributed by atoms with Crippen molar-refractivity contribution in [2.45, 2.75) is 38.9 Å². The van der Waals surface area contributed by atoms with Crippen LogP contribution in [0, 0.1) is 0 Å². The van der Waals surface area contributed by atoms with E-state index < -0.39 is 0 Å². The maximum absolute atomic E-state index is 5.66. The van der Waals surface area contributed by atoms with Crippen LogP contribution in [0.1, 0.15) is 43.8 Å². The number of hydrogen-bond donors (Lipinski definition) is 1. The molecule has 2 rings (SSSR count). The summed E-state index contributed by atoms with van der Waals surface area (Å²) in [5.74, 6) is 1.58. The standard InChI is InChI=1S/C13H20BrN3O2/c1-3-6-15-13-11(14)9(8-18-2)16-12(17-13)10-5-4-7-19-10/h10H,3-8H2,1-2H3,(H,15,16,17). The van der Waals surface area contributed by atoms with Gasteiger partial charge in [-0.25, -0.2) is 9.97 Å². The highest BCUT2D eigenvalue weighted by Crippen LogP contribution is 2.31. The Morgan fingerprint density at radius 2 is 2.32 bits per heavy atom. The number of anilines is 1. The van der Waals surface area contributed by atoms with Crippen LogP contribution in [0.25, 0.3) is 0 Å². The van der Waals surface area contributed by atoms with Crippen LogP contribution in [0.2, 0.25) is 0 Å². The van der Waals surface area contributed by atoms with Gasteiger partial charge >= 0.3 is 0 Å². The number of hydrogen-bond acceptors (Lipinski definition) is 5. The maximum Gasteiger partial charge on any atom is 0.159 e. The first-order valence-electron chi connectivity index (χ1n) is 6.67. The fourth-order valence-electron chi connectivity index (χ4n) is 2.03. The van der Waals surface area contributed by atoms with Gasteiger partial charge < -0.3 is 14.8 Å². The molecule has 19 heavy (non-hydrogen) atoms. The topological polar surface area (TPSA) is 56.3 Å². The molecule has 1 aromatic rings. The zero-order chi connectivity index (χ0) is 13.7. The molecular formula is C13H20BrN3O2. The van der Waals surface area contributed by atoms with Gasteiger partial charge in [-0.2, -0.15) is 0 Å². The van der Waals surface area contributed by atoms with Gasteiger partial charge in [-0.15, -0.1) is 0 Å². The summed E-state index contributed by atoms with van der Waals surface area (Å²) in [5, 5.41) is 3.32. The fraction of sp³-hybridized carbons (Fsp3) is 0.692. The number of rotatable bonds is 6. The lowest BCUT2D eigenvalue weighted by atomic mass is 10.2. The van der Waals surface area contributed by atoms with Crippen molar-refractivity contribution in [3.63, 3.8) is 0 Å². The van der Waals surface area contributed by atoms with Crippen LogP contribution in [0.15, 0.2) is 4.47 Å². The Labute approximate surface area is 122 Å². The van der Waals surface area contributed by atoms with E-state index in [2.05, 4.69) is 38.1 Å². The summed E-state index contributed by atoms with van der Waals surface area (Å²) in [6.45, 7) is 4.26. The predicted molar refractivity (Wildman–Crippen MR) is 77.2 cm³/mol. The van der Waals surface area contributed by atoms with Crippen LogP contribution >= 0.6 is 15.9 Å². The first-order chi connectivity index (χ1) is 9.26. The van der Waals surface area contributed by atoms with E-state index in [0.29, 0.717) is 6.61 Å². The second kappa shape index (κ2) is 7.17. The van der Waals surface area contributed by atoms with Gasteiger partial charge in [-0.1, -0.05) is 6.92 Å². The van der Waals surface area contributed by atoms with E-state index in [-0.39, 0.29) is 6.10 Å². The van der Waals surface area contributed by atoms with Crippen molar-refractivity contribution in [1.29, 1.82) is 0 Å². The van der Waals surface area contributed by atoms with Crippen molar-refractivity contribution in [2.75, 3.05) is 25.6 Å². The fourth-order valence-corrected chi connectivity index (χ4v) is 2.46. The van der Waals surface area contributed by atoms with E-state index in [4.69, 9.17) is 9.47 Å². The summed E-state index contributed by atoms with van der Waals surface area (Å²) in [4.78, 5) is 9.15. The molecule has 1 aromatic heterocycles. The lowest BCUT2D eigenvalue weighted by Gasteiger charge is -2.15. The van der Waals surface area contributed by atoms with Crippen molar-refractivity contribution in [3.05, 3.63) is 16.0 Å². The smallest absolute Gasteiger partial charge is 0.159 e. The van der Waals surface area contributed by atoms with Gasteiger partial charge in [0.2, 0.25) is 0 Å². The lowest BCUT2D eigenvalue weighted by molar-refractivity contribution is 0.104. The minimum atomic E-state index is 0.0193. The average molecular weight is 330 g/mol. The summed E-state index contributed by atoms with van der Waals surface area (Å²) in [6.07, 6.45) is 3.12. The molecule has 1 unspecified atom stereocenters. The minimum Gasteiger partial charge on any atom is -0.378 e. The van der Waals surface area contributed by atoms with Crippen molar-refractivity contribution in [1.82, 2.24) is 9.97 Å². The van der Waals surface area contributed by atoms with Crippen molar-refractivity contribution < 1.29 is 9.47 Å². The Bertz CT molecular complexity index is 423. The zero-order valence-corrected chi connectivity index (χ0v) is 13.0. The zero-order valence-electron chi connectivity index (χ0n) is 11.4.